The number of fused-ring (bicyclic) bond motifs is 1. The normalized spacial score (nSPS) is 37.2. The summed E-state index contributed by atoms with van der Waals surface area (Å²) >= 11 is 0. The second-order valence-corrected chi connectivity index (χ2v) is 8.35. The number of ether oxygens (including phenoxy) is 4. The minimum atomic E-state index is -1.65. The standard InChI is InChI=1S/C22H28O11/c1-9-5-10-3-2-4-11(23)15(10)13(6-9)32-22-20(29)18(27)17(26)14(33-22)8-31-21-19(28)16(25)12(24)7-30-21/h2-6,12,14,16-29H,7-8H2,1H3/t12-,14-,16+,17-,18+,19-,20-,21+,22-/m1/s1. The summed E-state index contributed by atoms with van der Waals surface area (Å²) < 4.78 is 22.0. The van der Waals surface area contributed by atoms with E-state index in [0.717, 1.165) is 5.56 Å². The fourth-order valence-electron chi connectivity index (χ4n) is 4.00. The molecule has 7 N–H and O–H groups in total. The molecule has 0 radical (unpaired) electrons. The van der Waals surface area contributed by atoms with E-state index in [9.17, 15) is 35.7 Å². The first-order chi connectivity index (χ1) is 15.7. The average Bonchev–Trinajstić information content (AvgIpc) is 2.78. The van der Waals surface area contributed by atoms with Gasteiger partial charge in [-0.2, -0.15) is 0 Å². The SMILES string of the molecule is Cc1cc(O[C@@H]2O[C@H](CO[C@@H]3OC[C@@H](O)[C@H](O)[C@H]3O)[C@@H](O)[C@H](O)[C@H]2O)c2c(O)cccc2c1. The monoisotopic (exact) mass is 468 g/mol. The molecule has 0 bridgehead atoms. The molecule has 4 rings (SSSR count). The maximum absolute atomic E-state index is 10.4. The molecule has 2 saturated heterocycles. The van der Waals surface area contributed by atoms with Crippen LogP contribution in [0.3, 0.4) is 0 Å². The summed E-state index contributed by atoms with van der Waals surface area (Å²) in [5.41, 5.74) is 0.818. The number of aliphatic hydroxyl groups is 6. The van der Waals surface area contributed by atoms with Crippen molar-refractivity contribution in [3.8, 4) is 11.5 Å². The predicted molar refractivity (Wildman–Crippen MR) is 111 cm³/mol. The fourth-order valence-corrected chi connectivity index (χ4v) is 4.00. The predicted octanol–water partition coefficient (Wildman–Crippen LogP) is -1.50. The van der Waals surface area contributed by atoms with Gasteiger partial charge in [-0.15, -0.1) is 0 Å². The molecule has 2 aromatic rings. The minimum Gasteiger partial charge on any atom is -0.507 e. The summed E-state index contributed by atoms with van der Waals surface area (Å²) in [6, 6.07) is 8.43. The van der Waals surface area contributed by atoms with Gasteiger partial charge in [-0.1, -0.05) is 18.2 Å². The van der Waals surface area contributed by atoms with E-state index < -0.39 is 61.9 Å². The van der Waals surface area contributed by atoms with E-state index in [2.05, 4.69) is 0 Å². The third kappa shape index (κ3) is 4.78. The van der Waals surface area contributed by atoms with E-state index in [4.69, 9.17) is 18.9 Å². The molecule has 2 aliphatic rings. The number of hydrogen-bond donors (Lipinski definition) is 7. The molecule has 0 amide bonds. The number of aryl methyl sites for hydroxylation is 1. The Morgan fingerprint density at radius 1 is 0.909 bits per heavy atom. The Hall–Kier alpha value is -2.06. The Bertz CT molecular complexity index is 969. The first-order valence-corrected chi connectivity index (χ1v) is 10.5. The van der Waals surface area contributed by atoms with Crippen LogP contribution in [0.1, 0.15) is 5.56 Å². The lowest BCUT2D eigenvalue weighted by molar-refractivity contribution is -0.307. The van der Waals surface area contributed by atoms with Crippen LogP contribution in [0.15, 0.2) is 30.3 Å². The lowest BCUT2D eigenvalue weighted by Gasteiger charge is -2.41. The van der Waals surface area contributed by atoms with Crippen LogP contribution < -0.4 is 4.74 Å². The van der Waals surface area contributed by atoms with Gasteiger partial charge in [0.05, 0.1) is 18.6 Å². The Balaban J connectivity index is 1.50. The zero-order valence-corrected chi connectivity index (χ0v) is 17.8. The fraction of sp³-hybridized carbons (Fsp3) is 0.545. The van der Waals surface area contributed by atoms with Crippen LogP contribution in [0.25, 0.3) is 10.8 Å². The zero-order chi connectivity index (χ0) is 23.9. The van der Waals surface area contributed by atoms with Crippen molar-refractivity contribution in [1.82, 2.24) is 0 Å². The van der Waals surface area contributed by atoms with Gasteiger partial charge >= 0.3 is 0 Å². The highest BCUT2D eigenvalue weighted by atomic mass is 16.7. The number of phenolic OH excluding ortho intramolecular Hbond substituents is 1. The lowest BCUT2D eigenvalue weighted by atomic mass is 9.99. The van der Waals surface area contributed by atoms with Gasteiger partial charge in [0.2, 0.25) is 6.29 Å². The van der Waals surface area contributed by atoms with Gasteiger partial charge in [-0.05, 0) is 30.0 Å². The van der Waals surface area contributed by atoms with Crippen molar-refractivity contribution in [3.63, 3.8) is 0 Å². The molecule has 0 aromatic heterocycles. The molecular formula is C22H28O11. The molecule has 33 heavy (non-hydrogen) atoms. The molecule has 182 valence electrons. The van der Waals surface area contributed by atoms with Crippen molar-refractivity contribution in [2.75, 3.05) is 13.2 Å². The number of rotatable bonds is 5. The van der Waals surface area contributed by atoms with Crippen LogP contribution in [-0.4, -0.2) is 104 Å². The van der Waals surface area contributed by atoms with Crippen molar-refractivity contribution in [3.05, 3.63) is 35.9 Å². The quantitative estimate of drug-likeness (QED) is 0.271. The molecule has 2 heterocycles. The van der Waals surface area contributed by atoms with Gasteiger partial charge in [0.25, 0.3) is 0 Å². The van der Waals surface area contributed by atoms with Crippen LogP contribution in [0.4, 0.5) is 0 Å². The summed E-state index contributed by atoms with van der Waals surface area (Å²) in [5.74, 6) is 0.163. The second-order valence-electron chi connectivity index (χ2n) is 8.35. The topological polar surface area (TPSA) is 179 Å². The number of aromatic hydroxyl groups is 1. The van der Waals surface area contributed by atoms with Crippen LogP contribution >= 0.6 is 0 Å². The van der Waals surface area contributed by atoms with Gasteiger partial charge in [-0.25, -0.2) is 0 Å². The van der Waals surface area contributed by atoms with E-state index in [0.29, 0.717) is 10.8 Å². The maximum Gasteiger partial charge on any atom is 0.229 e. The lowest BCUT2D eigenvalue weighted by Crippen LogP contribution is -2.61. The maximum atomic E-state index is 10.4. The summed E-state index contributed by atoms with van der Waals surface area (Å²) in [7, 11) is 0. The molecule has 11 heteroatoms. The van der Waals surface area contributed by atoms with Gasteiger partial charge in [0.15, 0.2) is 6.29 Å². The van der Waals surface area contributed by atoms with Crippen LogP contribution in [0.2, 0.25) is 0 Å². The molecular weight excluding hydrogens is 440 g/mol. The highest BCUT2D eigenvalue weighted by molar-refractivity contribution is 5.94. The Morgan fingerprint density at radius 3 is 2.39 bits per heavy atom. The Labute approximate surface area is 188 Å². The molecule has 0 spiro atoms. The smallest absolute Gasteiger partial charge is 0.229 e. The minimum absolute atomic E-state index is 0.0440. The van der Waals surface area contributed by atoms with Gasteiger partial charge in [0.1, 0.15) is 54.2 Å². The molecule has 2 fully saturated rings. The molecule has 0 saturated carbocycles. The van der Waals surface area contributed by atoms with E-state index >= 15 is 0 Å². The molecule has 0 unspecified atom stereocenters. The van der Waals surface area contributed by atoms with E-state index in [1.54, 1.807) is 18.2 Å². The summed E-state index contributed by atoms with van der Waals surface area (Å²) in [5, 5.41) is 71.8. The van der Waals surface area contributed by atoms with E-state index in [-0.39, 0.29) is 18.1 Å². The van der Waals surface area contributed by atoms with Gasteiger partial charge in [0, 0.05) is 0 Å². The van der Waals surface area contributed by atoms with Gasteiger partial charge in [-0.3, -0.25) is 0 Å². The van der Waals surface area contributed by atoms with Crippen molar-refractivity contribution in [1.29, 1.82) is 0 Å². The third-order valence-corrected chi connectivity index (χ3v) is 5.85. The first kappa shape index (κ1) is 24.1. The summed E-state index contributed by atoms with van der Waals surface area (Å²) in [4.78, 5) is 0. The molecule has 0 aliphatic carbocycles. The first-order valence-electron chi connectivity index (χ1n) is 10.5. The number of hydrogen-bond acceptors (Lipinski definition) is 11. The second kappa shape index (κ2) is 9.66. The Morgan fingerprint density at radius 2 is 1.64 bits per heavy atom. The molecule has 2 aliphatic heterocycles. The molecule has 11 nitrogen and oxygen atoms in total. The average molecular weight is 468 g/mol. The largest absolute Gasteiger partial charge is 0.507 e. The van der Waals surface area contributed by atoms with E-state index in [1.807, 2.05) is 13.0 Å². The molecule has 2 aromatic carbocycles. The summed E-state index contributed by atoms with van der Waals surface area (Å²) in [6.07, 6.45) is -13.0. The number of phenols is 1. The van der Waals surface area contributed by atoms with E-state index in [1.165, 1.54) is 6.07 Å². The number of aliphatic hydroxyl groups excluding tert-OH is 6. The summed E-state index contributed by atoms with van der Waals surface area (Å²) in [6.45, 7) is 1.16. The Kier molecular flexibility index (Phi) is 7.05. The highest BCUT2D eigenvalue weighted by Gasteiger charge is 2.46. The van der Waals surface area contributed by atoms with Crippen LogP contribution in [-0.2, 0) is 14.2 Å². The van der Waals surface area contributed by atoms with Crippen molar-refractivity contribution < 1.29 is 54.7 Å². The van der Waals surface area contributed by atoms with Crippen molar-refractivity contribution >= 4 is 10.8 Å². The van der Waals surface area contributed by atoms with Crippen molar-refractivity contribution in [2.45, 2.75) is 62.2 Å². The van der Waals surface area contributed by atoms with Gasteiger partial charge < -0.3 is 54.7 Å². The molecule has 9 atom stereocenters. The third-order valence-electron chi connectivity index (χ3n) is 5.85. The van der Waals surface area contributed by atoms with Crippen molar-refractivity contribution in [2.24, 2.45) is 0 Å². The van der Waals surface area contributed by atoms with Crippen LogP contribution in [0, 0.1) is 6.92 Å². The zero-order valence-electron chi connectivity index (χ0n) is 17.8. The number of benzene rings is 2. The van der Waals surface area contributed by atoms with Crippen LogP contribution in [0.5, 0.6) is 11.5 Å². The highest BCUT2D eigenvalue weighted by Crippen LogP contribution is 2.36.